The second kappa shape index (κ2) is 8.09. The Morgan fingerprint density at radius 2 is 1.90 bits per heavy atom. The second-order valence-corrected chi connectivity index (χ2v) is 5.55. The Bertz CT molecular complexity index is 327. The molecule has 0 spiro atoms. The maximum Gasteiger partial charge on any atom is 0.326 e. The molecule has 1 aliphatic carbocycles. The summed E-state index contributed by atoms with van der Waals surface area (Å²) in [6.07, 6.45) is 5.40. The van der Waals surface area contributed by atoms with E-state index < -0.39 is 12.0 Å². The number of hydrogen-bond donors (Lipinski definition) is 3. The maximum absolute atomic E-state index is 12.1. The summed E-state index contributed by atoms with van der Waals surface area (Å²) in [5.74, 6) is -0.362. The van der Waals surface area contributed by atoms with Crippen LogP contribution in [0.2, 0.25) is 0 Å². The molecule has 116 valence electrons. The first-order valence-corrected chi connectivity index (χ1v) is 7.36. The molecule has 1 fully saturated rings. The lowest BCUT2D eigenvalue weighted by Gasteiger charge is -2.34. The van der Waals surface area contributed by atoms with Crippen molar-refractivity contribution in [2.24, 2.45) is 5.92 Å². The molecule has 0 aromatic rings. The van der Waals surface area contributed by atoms with Crippen molar-refractivity contribution in [2.45, 2.75) is 57.5 Å². The Balaban J connectivity index is 2.48. The van der Waals surface area contributed by atoms with Gasteiger partial charge in [0.2, 0.25) is 0 Å². The highest BCUT2D eigenvalue weighted by atomic mass is 16.4. The highest BCUT2D eigenvalue weighted by Gasteiger charge is 2.28. The first kappa shape index (κ1) is 16.8. The lowest BCUT2D eigenvalue weighted by molar-refractivity contribution is -0.139. The van der Waals surface area contributed by atoms with E-state index in [4.69, 9.17) is 10.2 Å². The van der Waals surface area contributed by atoms with Crippen LogP contribution in [-0.2, 0) is 4.79 Å². The van der Waals surface area contributed by atoms with Crippen LogP contribution in [0.25, 0.3) is 0 Å². The fraction of sp³-hybridized carbons (Fsp3) is 0.857. The molecule has 1 rings (SSSR count). The molecule has 1 atom stereocenters. The van der Waals surface area contributed by atoms with Gasteiger partial charge in [0.15, 0.2) is 0 Å². The van der Waals surface area contributed by atoms with Crippen LogP contribution < -0.4 is 5.32 Å². The van der Waals surface area contributed by atoms with E-state index in [-0.39, 0.29) is 25.1 Å². The number of carbonyl (C=O) groups is 2. The SMILES string of the molecule is CCC1CCC(N(C)C(=O)N[C@@H](CCO)C(=O)O)CC1. The number of aliphatic carboxylic acids is 1. The normalized spacial score (nSPS) is 23.9. The number of carbonyl (C=O) groups excluding carboxylic acids is 1. The van der Waals surface area contributed by atoms with E-state index in [2.05, 4.69) is 12.2 Å². The molecule has 0 aliphatic heterocycles. The van der Waals surface area contributed by atoms with Gasteiger partial charge in [0.1, 0.15) is 6.04 Å². The van der Waals surface area contributed by atoms with Gasteiger partial charge in [0, 0.05) is 26.1 Å². The van der Waals surface area contributed by atoms with E-state index in [0.29, 0.717) is 0 Å². The highest BCUT2D eigenvalue weighted by molar-refractivity contribution is 5.82. The predicted octanol–water partition coefficient (Wildman–Crippen LogP) is 1.43. The van der Waals surface area contributed by atoms with E-state index >= 15 is 0 Å². The molecular weight excluding hydrogens is 260 g/mol. The third kappa shape index (κ3) is 4.67. The van der Waals surface area contributed by atoms with Crippen LogP contribution in [0.5, 0.6) is 0 Å². The minimum absolute atomic E-state index is 0.0253. The van der Waals surface area contributed by atoms with E-state index in [1.165, 1.54) is 6.42 Å². The number of rotatable bonds is 6. The summed E-state index contributed by atoms with van der Waals surface area (Å²) in [5, 5.41) is 20.2. The third-order valence-electron chi connectivity index (χ3n) is 4.28. The molecule has 0 bridgehead atoms. The zero-order valence-corrected chi connectivity index (χ0v) is 12.3. The van der Waals surface area contributed by atoms with Gasteiger partial charge in [-0.05, 0) is 31.6 Å². The molecule has 1 aliphatic rings. The Morgan fingerprint density at radius 3 is 2.35 bits per heavy atom. The number of nitrogens with one attached hydrogen (secondary N) is 1. The van der Waals surface area contributed by atoms with Crippen molar-refractivity contribution >= 4 is 12.0 Å². The first-order chi connectivity index (χ1) is 9.49. The molecular formula is C14H26N2O4. The minimum Gasteiger partial charge on any atom is -0.480 e. The average Bonchev–Trinajstić information content (AvgIpc) is 2.45. The molecule has 0 unspecified atom stereocenters. The monoisotopic (exact) mass is 286 g/mol. The Kier molecular flexibility index (Phi) is 6.78. The lowest BCUT2D eigenvalue weighted by Crippen LogP contribution is -2.50. The van der Waals surface area contributed by atoms with Crippen molar-refractivity contribution < 1.29 is 19.8 Å². The van der Waals surface area contributed by atoms with E-state index in [9.17, 15) is 9.59 Å². The molecule has 0 aromatic carbocycles. The first-order valence-electron chi connectivity index (χ1n) is 7.36. The van der Waals surface area contributed by atoms with Gasteiger partial charge in [-0.3, -0.25) is 0 Å². The smallest absolute Gasteiger partial charge is 0.326 e. The van der Waals surface area contributed by atoms with Gasteiger partial charge >= 0.3 is 12.0 Å². The summed E-state index contributed by atoms with van der Waals surface area (Å²) in [5.41, 5.74) is 0. The number of carboxylic acid groups (broad SMARTS) is 1. The molecule has 2 amide bonds. The summed E-state index contributed by atoms with van der Waals surface area (Å²) in [6.45, 7) is 1.93. The minimum atomic E-state index is -1.12. The van der Waals surface area contributed by atoms with E-state index in [0.717, 1.165) is 31.6 Å². The molecule has 0 radical (unpaired) electrons. The van der Waals surface area contributed by atoms with Crippen molar-refractivity contribution in [3.63, 3.8) is 0 Å². The maximum atomic E-state index is 12.1. The number of aliphatic hydroxyl groups is 1. The summed E-state index contributed by atoms with van der Waals surface area (Å²) < 4.78 is 0. The molecule has 0 saturated heterocycles. The predicted molar refractivity (Wildman–Crippen MR) is 75.5 cm³/mol. The van der Waals surface area contributed by atoms with Gasteiger partial charge in [-0.1, -0.05) is 13.3 Å². The number of nitrogens with zero attached hydrogens (tertiary/aromatic N) is 1. The Labute approximate surface area is 120 Å². The summed E-state index contributed by atoms with van der Waals surface area (Å²) in [6, 6.07) is -1.21. The van der Waals surface area contributed by atoms with E-state index in [1.54, 1.807) is 11.9 Å². The van der Waals surface area contributed by atoms with E-state index in [1.807, 2.05) is 0 Å². The standard InChI is InChI=1S/C14H26N2O4/c1-3-10-4-6-11(7-5-10)16(2)14(20)15-12(8-9-17)13(18)19/h10-12,17H,3-9H2,1-2H3,(H,15,20)(H,18,19)/t10?,11?,12-/m0/s1. The van der Waals surface area contributed by atoms with Crippen LogP contribution >= 0.6 is 0 Å². The van der Waals surface area contributed by atoms with Crippen molar-refractivity contribution in [2.75, 3.05) is 13.7 Å². The van der Waals surface area contributed by atoms with Crippen molar-refractivity contribution in [1.29, 1.82) is 0 Å². The zero-order chi connectivity index (χ0) is 15.1. The second-order valence-electron chi connectivity index (χ2n) is 5.55. The van der Waals surface area contributed by atoms with Crippen LogP contribution in [-0.4, -0.2) is 52.9 Å². The number of aliphatic hydroxyl groups excluding tert-OH is 1. The van der Waals surface area contributed by atoms with Crippen LogP contribution in [0.15, 0.2) is 0 Å². The van der Waals surface area contributed by atoms with Crippen LogP contribution in [0, 0.1) is 5.92 Å². The van der Waals surface area contributed by atoms with Crippen molar-refractivity contribution in [3.8, 4) is 0 Å². The lowest BCUT2D eigenvalue weighted by atomic mass is 9.84. The average molecular weight is 286 g/mol. The number of urea groups is 1. The fourth-order valence-corrected chi connectivity index (χ4v) is 2.74. The Hall–Kier alpha value is -1.30. The summed E-state index contributed by atoms with van der Waals surface area (Å²) >= 11 is 0. The molecule has 20 heavy (non-hydrogen) atoms. The largest absolute Gasteiger partial charge is 0.480 e. The zero-order valence-electron chi connectivity index (χ0n) is 12.3. The molecule has 0 aromatic heterocycles. The molecule has 3 N–H and O–H groups in total. The highest BCUT2D eigenvalue weighted by Crippen LogP contribution is 2.28. The quantitative estimate of drug-likeness (QED) is 0.689. The van der Waals surface area contributed by atoms with Crippen molar-refractivity contribution in [3.05, 3.63) is 0 Å². The summed E-state index contributed by atoms with van der Waals surface area (Å²) in [7, 11) is 1.71. The van der Waals surface area contributed by atoms with Gasteiger partial charge in [-0.15, -0.1) is 0 Å². The van der Waals surface area contributed by atoms with Crippen LogP contribution in [0.4, 0.5) is 4.79 Å². The number of amides is 2. The number of hydrogen-bond acceptors (Lipinski definition) is 3. The molecule has 0 heterocycles. The molecule has 6 heteroatoms. The fourth-order valence-electron chi connectivity index (χ4n) is 2.74. The summed E-state index contributed by atoms with van der Waals surface area (Å²) in [4.78, 5) is 24.6. The van der Waals surface area contributed by atoms with Gasteiger partial charge in [-0.2, -0.15) is 0 Å². The van der Waals surface area contributed by atoms with Crippen LogP contribution in [0.3, 0.4) is 0 Å². The van der Waals surface area contributed by atoms with Crippen molar-refractivity contribution in [1.82, 2.24) is 10.2 Å². The number of carboxylic acids is 1. The Morgan fingerprint density at radius 1 is 1.30 bits per heavy atom. The molecule has 6 nitrogen and oxygen atoms in total. The third-order valence-corrected chi connectivity index (χ3v) is 4.28. The van der Waals surface area contributed by atoms with Gasteiger partial charge in [0.25, 0.3) is 0 Å². The topological polar surface area (TPSA) is 89.9 Å². The van der Waals surface area contributed by atoms with Gasteiger partial charge in [-0.25, -0.2) is 9.59 Å². The van der Waals surface area contributed by atoms with Gasteiger partial charge < -0.3 is 20.4 Å². The van der Waals surface area contributed by atoms with Crippen LogP contribution in [0.1, 0.15) is 45.4 Å². The molecule has 1 saturated carbocycles. The van der Waals surface area contributed by atoms with Gasteiger partial charge in [0.05, 0.1) is 0 Å².